The summed E-state index contributed by atoms with van der Waals surface area (Å²) in [6.45, 7) is 13.4. The molecule has 2 heterocycles. The predicted octanol–water partition coefficient (Wildman–Crippen LogP) is 10.3. The van der Waals surface area contributed by atoms with Gasteiger partial charge in [0.05, 0.1) is 51.7 Å². The second-order valence-electron chi connectivity index (χ2n) is 12.5. The first-order chi connectivity index (χ1) is 23.8. The number of aryl methyl sites for hydroxylation is 3. The van der Waals surface area contributed by atoms with E-state index < -0.39 is 0 Å². The van der Waals surface area contributed by atoms with Gasteiger partial charge in [-0.2, -0.15) is 5.26 Å². The van der Waals surface area contributed by atoms with Gasteiger partial charge in [-0.3, -0.25) is 9.59 Å². The minimum atomic E-state index is -0.362. The van der Waals surface area contributed by atoms with Crippen molar-refractivity contribution in [1.82, 2.24) is 4.57 Å². The Bertz CT molecular complexity index is 2530. The lowest BCUT2D eigenvalue weighted by molar-refractivity contribution is 0.0925. The van der Waals surface area contributed by atoms with E-state index in [1.165, 1.54) is 4.90 Å². The number of imide groups is 1. The van der Waals surface area contributed by atoms with Crippen LogP contribution >= 0.6 is 0 Å². The third-order valence-corrected chi connectivity index (χ3v) is 9.39. The second-order valence-corrected chi connectivity index (χ2v) is 12.5. The van der Waals surface area contributed by atoms with Crippen LogP contribution in [0.15, 0.2) is 115 Å². The number of fused-ring (bicyclic) bond motifs is 4. The van der Waals surface area contributed by atoms with Crippen molar-refractivity contribution < 1.29 is 9.59 Å². The summed E-state index contributed by atoms with van der Waals surface area (Å²) in [5, 5.41) is 11.5. The van der Waals surface area contributed by atoms with Crippen molar-refractivity contribution in [3.05, 3.63) is 160 Å². The standard InChI is InChI=1S/C43H28N4O2/c1-25-18-26(2)41(27(3)19-25)47-42(48)36-12-7-13-37(40(36)43(47)49)46-38-22-31(29-9-5-8-28(20-29)24-44)14-16-34(38)35-17-15-32(23-39(35)46)30-10-6-11-33(21-30)45-4/h5-23H,1-3H3. The van der Waals surface area contributed by atoms with Gasteiger partial charge in [-0.05, 0) is 96.6 Å². The van der Waals surface area contributed by atoms with Crippen LogP contribution in [0.25, 0.3) is 54.6 Å². The van der Waals surface area contributed by atoms with Gasteiger partial charge in [0, 0.05) is 10.8 Å². The Balaban J connectivity index is 1.42. The van der Waals surface area contributed by atoms with E-state index in [0.717, 1.165) is 60.8 Å². The summed E-state index contributed by atoms with van der Waals surface area (Å²) in [6, 6.07) is 39.1. The summed E-state index contributed by atoms with van der Waals surface area (Å²) in [5.41, 5.74) is 11.2. The van der Waals surface area contributed by atoms with Crippen LogP contribution in [0, 0.1) is 38.7 Å². The number of rotatable bonds is 4. The average Bonchev–Trinajstić information content (AvgIpc) is 3.57. The van der Waals surface area contributed by atoms with Crippen molar-refractivity contribution in [3.63, 3.8) is 0 Å². The molecule has 0 aliphatic carbocycles. The Hall–Kier alpha value is -6.76. The normalized spacial score (nSPS) is 12.4. The average molecular weight is 633 g/mol. The molecule has 0 fully saturated rings. The van der Waals surface area contributed by atoms with E-state index in [0.29, 0.717) is 33.8 Å². The fourth-order valence-corrected chi connectivity index (χ4v) is 7.34. The minimum absolute atomic E-state index is 0.344. The van der Waals surface area contributed by atoms with Crippen molar-refractivity contribution in [2.75, 3.05) is 4.90 Å². The zero-order valence-corrected chi connectivity index (χ0v) is 27.1. The van der Waals surface area contributed by atoms with Crippen LogP contribution in [0.4, 0.5) is 11.4 Å². The van der Waals surface area contributed by atoms with Gasteiger partial charge in [0.2, 0.25) is 0 Å². The van der Waals surface area contributed by atoms with Gasteiger partial charge in [0.15, 0.2) is 5.69 Å². The first-order valence-electron chi connectivity index (χ1n) is 15.9. The summed E-state index contributed by atoms with van der Waals surface area (Å²) in [6.07, 6.45) is 0. The molecule has 232 valence electrons. The summed E-state index contributed by atoms with van der Waals surface area (Å²) >= 11 is 0. The number of amides is 2. The quantitative estimate of drug-likeness (QED) is 0.143. The van der Waals surface area contributed by atoms with Crippen LogP contribution in [-0.4, -0.2) is 16.4 Å². The molecule has 6 heteroatoms. The van der Waals surface area contributed by atoms with Gasteiger partial charge in [0.25, 0.3) is 11.8 Å². The minimum Gasteiger partial charge on any atom is -0.308 e. The fourth-order valence-electron chi connectivity index (χ4n) is 7.34. The summed E-state index contributed by atoms with van der Waals surface area (Å²) in [4.78, 5) is 33.6. The number of hydrogen-bond donors (Lipinski definition) is 0. The highest BCUT2D eigenvalue weighted by molar-refractivity contribution is 6.36. The third-order valence-electron chi connectivity index (χ3n) is 9.39. The van der Waals surface area contributed by atoms with Crippen molar-refractivity contribution in [1.29, 1.82) is 5.26 Å². The van der Waals surface area contributed by atoms with E-state index in [1.807, 2.05) is 93.6 Å². The molecule has 0 saturated heterocycles. The van der Waals surface area contributed by atoms with E-state index in [2.05, 4.69) is 39.7 Å². The molecule has 0 saturated carbocycles. The molecule has 49 heavy (non-hydrogen) atoms. The van der Waals surface area contributed by atoms with Gasteiger partial charge in [0.1, 0.15) is 0 Å². The van der Waals surface area contributed by atoms with Crippen LogP contribution in [-0.2, 0) is 0 Å². The summed E-state index contributed by atoms with van der Waals surface area (Å²) in [5.74, 6) is -0.706. The predicted molar refractivity (Wildman–Crippen MR) is 194 cm³/mol. The summed E-state index contributed by atoms with van der Waals surface area (Å²) in [7, 11) is 0. The molecule has 0 bridgehead atoms. The number of nitrogens with zero attached hydrogens (tertiary/aromatic N) is 4. The van der Waals surface area contributed by atoms with Gasteiger partial charge in [-0.15, -0.1) is 0 Å². The smallest absolute Gasteiger partial charge is 0.268 e. The van der Waals surface area contributed by atoms with Crippen molar-refractivity contribution >= 4 is 45.0 Å². The second kappa shape index (κ2) is 11.2. The first-order valence-corrected chi connectivity index (χ1v) is 15.9. The lowest BCUT2D eigenvalue weighted by Crippen LogP contribution is -2.31. The monoisotopic (exact) mass is 632 g/mol. The molecule has 0 N–H and O–H groups in total. The van der Waals surface area contributed by atoms with Gasteiger partial charge in [-0.25, -0.2) is 9.74 Å². The molecule has 0 unspecified atom stereocenters. The molecule has 6 aromatic carbocycles. The van der Waals surface area contributed by atoms with Crippen molar-refractivity contribution in [2.24, 2.45) is 0 Å². The van der Waals surface area contributed by atoms with Crippen LogP contribution < -0.4 is 4.90 Å². The highest BCUT2D eigenvalue weighted by Gasteiger charge is 2.40. The maximum Gasteiger partial charge on any atom is 0.268 e. The zero-order chi connectivity index (χ0) is 34.0. The SMILES string of the molecule is [C-]#[N+]c1cccc(-c2ccc3c4ccc(-c5cccc(C#N)c5)cc4n(-c4cccc5c4C(=O)N(c4c(C)cc(C)cc4C)C5=O)c3c2)c1. The van der Waals surface area contributed by atoms with Crippen molar-refractivity contribution in [3.8, 4) is 34.0 Å². The van der Waals surface area contributed by atoms with Crippen LogP contribution in [0.3, 0.4) is 0 Å². The van der Waals surface area contributed by atoms with Crippen LogP contribution in [0.2, 0.25) is 0 Å². The van der Waals surface area contributed by atoms with Crippen LogP contribution in [0.1, 0.15) is 43.0 Å². The Labute approximate surface area is 283 Å². The lowest BCUT2D eigenvalue weighted by Gasteiger charge is -2.20. The number of anilines is 1. The Morgan fingerprint density at radius 1 is 0.653 bits per heavy atom. The Morgan fingerprint density at radius 3 is 1.88 bits per heavy atom. The molecule has 8 rings (SSSR count). The van der Waals surface area contributed by atoms with E-state index in [1.54, 1.807) is 18.2 Å². The number of aromatic nitrogens is 1. The fraction of sp³-hybridized carbons (Fsp3) is 0.0698. The number of carbonyl (C=O) groups excluding carboxylic acids is 2. The highest BCUT2D eigenvalue weighted by Crippen LogP contribution is 2.41. The molecule has 6 nitrogen and oxygen atoms in total. The molecule has 0 radical (unpaired) electrons. The van der Waals surface area contributed by atoms with E-state index in [9.17, 15) is 14.9 Å². The highest BCUT2D eigenvalue weighted by atomic mass is 16.2. The molecule has 0 atom stereocenters. The number of carbonyl (C=O) groups is 2. The van der Waals surface area contributed by atoms with Gasteiger partial charge in [-0.1, -0.05) is 78.4 Å². The Kier molecular flexibility index (Phi) is 6.77. The molecule has 1 aliphatic heterocycles. The number of nitriles is 1. The zero-order valence-electron chi connectivity index (χ0n) is 27.1. The van der Waals surface area contributed by atoms with Gasteiger partial charge < -0.3 is 4.57 Å². The lowest BCUT2D eigenvalue weighted by atomic mass is 10.0. The maximum atomic E-state index is 14.5. The first kappa shape index (κ1) is 29.6. The molecule has 0 spiro atoms. The van der Waals surface area contributed by atoms with Crippen LogP contribution in [0.5, 0.6) is 0 Å². The molecular formula is C43H28N4O2. The molecule has 2 amide bonds. The molecule has 1 aliphatic rings. The number of hydrogen-bond acceptors (Lipinski definition) is 3. The molecule has 7 aromatic rings. The van der Waals surface area contributed by atoms with E-state index in [-0.39, 0.29) is 11.8 Å². The molecular weight excluding hydrogens is 604 g/mol. The molecule has 1 aromatic heterocycles. The Morgan fingerprint density at radius 2 is 1.24 bits per heavy atom. The third kappa shape index (κ3) is 4.62. The van der Waals surface area contributed by atoms with E-state index >= 15 is 0 Å². The largest absolute Gasteiger partial charge is 0.308 e. The topological polar surface area (TPSA) is 70.5 Å². The van der Waals surface area contributed by atoms with Crippen molar-refractivity contribution in [2.45, 2.75) is 20.8 Å². The number of benzene rings is 6. The van der Waals surface area contributed by atoms with E-state index in [4.69, 9.17) is 6.57 Å². The van der Waals surface area contributed by atoms with Gasteiger partial charge >= 0.3 is 0 Å². The maximum absolute atomic E-state index is 14.5. The summed E-state index contributed by atoms with van der Waals surface area (Å²) < 4.78 is 2.08.